The minimum absolute atomic E-state index is 0.0808. The van der Waals surface area contributed by atoms with Gasteiger partial charge in [-0.05, 0) is 50.6 Å². The summed E-state index contributed by atoms with van der Waals surface area (Å²) in [4.78, 5) is 26.6. The number of anilines is 2. The number of phenols is 1. The van der Waals surface area contributed by atoms with Crippen LogP contribution in [0.1, 0.15) is 25.8 Å². The van der Waals surface area contributed by atoms with E-state index in [2.05, 4.69) is 5.32 Å². The Hall–Kier alpha value is -3.02. The molecule has 2 amide bonds. The van der Waals surface area contributed by atoms with E-state index in [9.17, 15) is 14.7 Å². The number of nitrogens with zero attached hydrogens (tertiary/aromatic N) is 1. The number of phenolic OH excluding ortho intramolecular Hbond substituents is 1. The van der Waals surface area contributed by atoms with Gasteiger partial charge in [0.1, 0.15) is 11.5 Å². The lowest BCUT2D eigenvalue weighted by Gasteiger charge is -2.38. The maximum Gasteiger partial charge on any atom is 0.270 e. The molecule has 0 bridgehead atoms. The molecule has 0 saturated heterocycles. The van der Waals surface area contributed by atoms with Crippen molar-refractivity contribution in [3.63, 3.8) is 0 Å². The molecule has 0 radical (unpaired) electrons. The van der Waals surface area contributed by atoms with E-state index in [-0.39, 0.29) is 30.5 Å². The fourth-order valence-electron chi connectivity index (χ4n) is 2.92. The highest BCUT2D eigenvalue weighted by Crippen LogP contribution is 2.38. The molecular formula is C20H22N2O4. The summed E-state index contributed by atoms with van der Waals surface area (Å²) in [6.45, 7) is 5.62. The summed E-state index contributed by atoms with van der Waals surface area (Å²) >= 11 is 0. The van der Waals surface area contributed by atoms with E-state index in [1.54, 1.807) is 30.9 Å². The van der Waals surface area contributed by atoms with Crippen LogP contribution in [0.2, 0.25) is 0 Å². The van der Waals surface area contributed by atoms with Gasteiger partial charge in [-0.1, -0.05) is 12.1 Å². The summed E-state index contributed by atoms with van der Waals surface area (Å²) in [6.07, 6.45) is 0.130. The Kier molecular flexibility index (Phi) is 4.59. The Morgan fingerprint density at radius 3 is 2.73 bits per heavy atom. The zero-order chi connectivity index (χ0) is 18.9. The van der Waals surface area contributed by atoms with Crippen LogP contribution in [0.3, 0.4) is 0 Å². The Morgan fingerprint density at radius 2 is 2.00 bits per heavy atom. The lowest BCUT2D eigenvalue weighted by atomic mass is 10.0. The predicted molar refractivity (Wildman–Crippen MR) is 99.6 cm³/mol. The van der Waals surface area contributed by atoms with Gasteiger partial charge in [0.05, 0.1) is 5.69 Å². The minimum Gasteiger partial charge on any atom is -0.508 e. The van der Waals surface area contributed by atoms with Crippen molar-refractivity contribution in [2.45, 2.75) is 32.8 Å². The zero-order valence-electron chi connectivity index (χ0n) is 15.1. The van der Waals surface area contributed by atoms with Gasteiger partial charge in [0, 0.05) is 24.7 Å². The summed E-state index contributed by atoms with van der Waals surface area (Å²) in [5, 5.41) is 12.2. The van der Waals surface area contributed by atoms with Gasteiger partial charge in [-0.2, -0.15) is 0 Å². The Morgan fingerprint density at radius 1 is 1.23 bits per heavy atom. The van der Waals surface area contributed by atoms with E-state index in [0.29, 0.717) is 17.1 Å². The number of aromatic hydroxyl groups is 1. The molecule has 1 aliphatic rings. The molecule has 136 valence electrons. The Balaban J connectivity index is 1.75. The topological polar surface area (TPSA) is 78.9 Å². The number of ether oxygens (including phenoxy) is 1. The van der Waals surface area contributed by atoms with E-state index in [4.69, 9.17) is 4.74 Å². The lowest BCUT2D eigenvalue weighted by molar-refractivity contribution is -0.132. The number of fused-ring (bicyclic) bond motifs is 1. The molecule has 26 heavy (non-hydrogen) atoms. The largest absolute Gasteiger partial charge is 0.508 e. The highest BCUT2D eigenvalue weighted by atomic mass is 16.5. The quantitative estimate of drug-likeness (QED) is 0.883. The van der Waals surface area contributed by atoms with Crippen LogP contribution in [-0.4, -0.2) is 29.1 Å². The van der Waals surface area contributed by atoms with Gasteiger partial charge >= 0.3 is 0 Å². The molecule has 1 heterocycles. The van der Waals surface area contributed by atoms with Crippen LogP contribution in [0.15, 0.2) is 42.5 Å². The van der Waals surface area contributed by atoms with Crippen molar-refractivity contribution in [3.8, 4) is 11.5 Å². The number of benzene rings is 2. The van der Waals surface area contributed by atoms with E-state index >= 15 is 0 Å². The van der Waals surface area contributed by atoms with Crippen LogP contribution in [0.25, 0.3) is 0 Å². The molecule has 0 aliphatic carbocycles. The number of hydrogen-bond acceptors (Lipinski definition) is 4. The molecule has 6 nitrogen and oxygen atoms in total. The Labute approximate surface area is 152 Å². The highest BCUT2D eigenvalue weighted by molar-refractivity contribution is 6.03. The number of aryl methyl sites for hydroxylation is 1. The predicted octanol–water partition coefficient (Wildman–Crippen LogP) is 3.23. The number of nitrogens with one attached hydrogen (secondary N) is 1. The maximum atomic E-state index is 12.8. The van der Waals surface area contributed by atoms with Crippen molar-refractivity contribution in [3.05, 3.63) is 48.0 Å². The summed E-state index contributed by atoms with van der Waals surface area (Å²) in [5.74, 6) is 0.300. The normalized spacial score (nSPS) is 15.2. The van der Waals surface area contributed by atoms with Gasteiger partial charge < -0.3 is 20.1 Å². The molecule has 0 fully saturated rings. The number of hydrogen-bond donors (Lipinski definition) is 2. The molecule has 3 rings (SSSR count). The first-order chi connectivity index (χ1) is 12.3. The van der Waals surface area contributed by atoms with Gasteiger partial charge in [-0.25, -0.2) is 0 Å². The third-order valence-corrected chi connectivity index (χ3v) is 4.22. The SMILES string of the molecule is Cc1ccc2c(c1)N(CCC(=O)Nc1cccc(O)c1)C(=O)C(C)(C)O2. The van der Waals surface area contributed by atoms with Gasteiger partial charge in [0.15, 0.2) is 5.60 Å². The van der Waals surface area contributed by atoms with Gasteiger partial charge in [-0.15, -0.1) is 0 Å². The first kappa shape index (κ1) is 17.8. The molecule has 0 spiro atoms. The number of amides is 2. The molecule has 6 heteroatoms. The van der Waals surface area contributed by atoms with Crippen LogP contribution in [0.5, 0.6) is 11.5 Å². The second-order valence-corrected chi connectivity index (χ2v) is 6.89. The van der Waals surface area contributed by atoms with Crippen LogP contribution in [-0.2, 0) is 9.59 Å². The molecular weight excluding hydrogens is 332 g/mol. The standard InChI is InChI=1S/C20H22N2O4/c1-13-7-8-17-16(11-13)22(19(25)20(2,3)26-17)10-9-18(24)21-14-5-4-6-15(23)12-14/h4-8,11-12,23H,9-10H2,1-3H3,(H,21,24). The van der Waals surface area contributed by atoms with Crippen LogP contribution in [0, 0.1) is 6.92 Å². The number of carbonyl (C=O) groups excluding carboxylic acids is 2. The van der Waals surface area contributed by atoms with Crippen molar-refractivity contribution < 1.29 is 19.4 Å². The monoisotopic (exact) mass is 354 g/mol. The fourth-order valence-corrected chi connectivity index (χ4v) is 2.92. The number of carbonyl (C=O) groups is 2. The summed E-state index contributed by atoms with van der Waals surface area (Å²) in [6, 6.07) is 12.0. The second-order valence-electron chi connectivity index (χ2n) is 6.89. The zero-order valence-corrected chi connectivity index (χ0v) is 15.1. The van der Waals surface area contributed by atoms with Crippen LogP contribution >= 0.6 is 0 Å². The van der Waals surface area contributed by atoms with Crippen LogP contribution in [0.4, 0.5) is 11.4 Å². The molecule has 2 aromatic carbocycles. The smallest absolute Gasteiger partial charge is 0.270 e. The summed E-state index contributed by atoms with van der Waals surface area (Å²) in [7, 11) is 0. The van der Waals surface area contributed by atoms with Gasteiger partial charge in [-0.3, -0.25) is 9.59 Å². The van der Waals surface area contributed by atoms with E-state index in [1.165, 1.54) is 12.1 Å². The molecule has 0 saturated carbocycles. The van der Waals surface area contributed by atoms with Crippen molar-refractivity contribution in [2.75, 3.05) is 16.8 Å². The van der Waals surface area contributed by atoms with Crippen molar-refractivity contribution in [1.82, 2.24) is 0 Å². The van der Waals surface area contributed by atoms with Crippen molar-refractivity contribution >= 4 is 23.2 Å². The molecule has 2 N–H and O–H groups in total. The average Bonchev–Trinajstić information content (AvgIpc) is 2.56. The van der Waals surface area contributed by atoms with E-state index < -0.39 is 5.60 Å². The third-order valence-electron chi connectivity index (χ3n) is 4.22. The average molecular weight is 354 g/mol. The summed E-state index contributed by atoms with van der Waals surface area (Å²) < 4.78 is 5.81. The lowest BCUT2D eigenvalue weighted by Crippen LogP contribution is -2.53. The molecule has 0 atom stereocenters. The van der Waals surface area contributed by atoms with E-state index in [0.717, 1.165) is 5.56 Å². The van der Waals surface area contributed by atoms with Crippen molar-refractivity contribution in [2.24, 2.45) is 0 Å². The summed E-state index contributed by atoms with van der Waals surface area (Å²) in [5.41, 5.74) is 1.22. The first-order valence-corrected chi connectivity index (χ1v) is 8.47. The van der Waals surface area contributed by atoms with Gasteiger partial charge in [0.25, 0.3) is 5.91 Å². The minimum atomic E-state index is -0.982. The molecule has 1 aliphatic heterocycles. The fraction of sp³-hybridized carbons (Fsp3) is 0.300. The molecule has 2 aromatic rings. The molecule has 0 aromatic heterocycles. The van der Waals surface area contributed by atoms with Gasteiger partial charge in [0.2, 0.25) is 5.91 Å². The molecule has 0 unspecified atom stereocenters. The first-order valence-electron chi connectivity index (χ1n) is 8.47. The highest BCUT2D eigenvalue weighted by Gasteiger charge is 2.40. The third kappa shape index (κ3) is 3.64. The Bertz CT molecular complexity index is 861. The maximum absolute atomic E-state index is 12.8. The van der Waals surface area contributed by atoms with Crippen molar-refractivity contribution in [1.29, 1.82) is 0 Å². The number of rotatable bonds is 4. The van der Waals surface area contributed by atoms with Crippen LogP contribution < -0.4 is 15.0 Å². The van der Waals surface area contributed by atoms with E-state index in [1.807, 2.05) is 25.1 Å². The second kappa shape index (κ2) is 6.71.